The monoisotopic (exact) mass is 362 g/mol. The molecule has 0 saturated heterocycles. The molecule has 2 rings (SSSR count). The number of hydrogen-bond donors (Lipinski definition) is 1. The summed E-state index contributed by atoms with van der Waals surface area (Å²) in [6.45, 7) is 7.52. The van der Waals surface area contributed by atoms with Crippen LogP contribution in [0, 0.1) is 6.92 Å². The van der Waals surface area contributed by atoms with Crippen LogP contribution in [0.25, 0.3) is 10.4 Å². The lowest BCUT2D eigenvalue weighted by atomic mass is 10.1. The summed E-state index contributed by atoms with van der Waals surface area (Å²) in [7, 11) is 1.32. The van der Waals surface area contributed by atoms with Gasteiger partial charge in [0.05, 0.1) is 18.5 Å². The molecule has 0 fully saturated rings. The molecule has 1 aromatic carbocycles. The second-order valence-corrected chi connectivity index (χ2v) is 7.53. The van der Waals surface area contributed by atoms with Crippen molar-refractivity contribution >= 4 is 23.4 Å². The fourth-order valence-corrected chi connectivity index (χ4v) is 3.23. The van der Waals surface area contributed by atoms with Gasteiger partial charge < -0.3 is 14.8 Å². The summed E-state index contributed by atoms with van der Waals surface area (Å²) >= 11 is 1.35. The van der Waals surface area contributed by atoms with E-state index in [2.05, 4.69) is 10.3 Å². The average Bonchev–Trinajstić information content (AvgIpc) is 2.95. The standard InChI is InChI=1S/C18H22N2O4S/c1-11-8-6-7-9-12(11)15-14(16(21)23-5)20-13(25-15)10-19-17(22)24-18(2,3)4/h6-9H,10H2,1-5H3,(H,19,22). The third-order valence-electron chi connectivity index (χ3n) is 3.22. The van der Waals surface area contributed by atoms with E-state index in [-0.39, 0.29) is 12.2 Å². The Kier molecular flexibility index (Phi) is 5.79. The van der Waals surface area contributed by atoms with Crippen molar-refractivity contribution < 1.29 is 19.1 Å². The van der Waals surface area contributed by atoms with Gasteiger partial charge in [0.25, 0.3) is 0 Å². The van der Waals surface area contributed by atoms with Gasteiger partial charge in [-0.15, -0.1) is 11.3 Å². The lowest BCUT2D eigenvalue weighted by Gasteiger charge is -2.19. The Hall–Kier alpha value is -2.41. The minimum atomic E-state index is -0.573. The molecule has 0 atom stereocenters. The fourth-order valence-electron chi connectivity index (χ4n) is 2.15. The number of aryl methyl sites for hydroxylation is 1. The molecule has 0 bridgehead atoms. The Morgan fingerprint density at radius 3 is 2.52 bits per heavy atom. The SMILES string of the molecule is COC(=O)c1nc(CNC(=O)OC(C)(C)C)sc1-c1ccccc1C. The van der Waals surface area contributed by atoms with Gasteiger partial charge in [-0.1, -0.05) is 24.3 Å². The molecule has 2 aromatic rings. The van der Waals surface area contributed by atoms with E-state index in [1.807, 2.05) is 31.2 Å². The molecule has 0 aliphatic carbocycles. The van der Waals surface area contributed by atoms with Crippen LogP contribution < -0.4 is 5.32 Å². The lowest BCUT2D eigenvalue weighted by Crippen LogP contribution is -2.32. The van der Waals surface area contributed by atoms with Gasteiger partial charge in [-0.25, -0.2) is 14.6 Å². The maximum atomic E-state index is 12.1. The molecule has 0 aliphatic heterocycles. The summed E-state index contributed by atoms with van der Waals surface area (Å²) in [5.41, 5.74) is 1.63. The van der Waals surface area contributed by atoms with Crippen molar-refractivity contribution in [1.82, 2.24) is 10.3 Å². The first-order valence-corrected chi connectivity index (χ1v) is 8.64. The number of nitrogens with one attached hydrogen (secondary N) is 1. The van der Waals surface area contributed by atoms with Crippen LogP contribution in [0.3, 0.4) is 0 Å². The highest BCUT2D eigenvalue weighted by molar-refractivity contribution is 7.15. The molecule has 25 heavy (non-hydrogen) atoms. The average molecular weight is 362 g/mol. The number of nitrogens with zero attached hydrogens (tertiary/aromatic N) is 1. The summed E-state index contributed by atoms with van der Waals surface area (Å²) in [4.78, 5) is 28.9. The molecule has 1 aromatic heterocycles. The fraction of sp³-hybridized carbons (Fsp3) is 0.389. The zero-order valence-electron chi connectivity index (χ0n) is 15.0. The Balaban J connectivity index is 2.25. The van der Waals surface area contributed by atoms with E-state index in [9.17, 15) is 9.59 Å². The topological polar surface area (TPSA) is 77.5 Å². The van der Waals surface area contributed by atoms with Crippen molar-refractivity contribution in [3.05, 3.63) is 40.5 Å². The first-order chi connectivity index (χ1) is 11.7. The summed E-state index contributed by atoms with van der Waals surface area (Å²) in [5.74, 6) is -0.502. The number of aromatic nitrogens is 1. The van der Waals surface area contributed by atoms with Gasteiger partial charge in [0, 0.05) is 0 Å². The molecule has 0 spiro atoms. The summed E-state index contributed by atoms with van der Waals surface area (Å²) in [5, 5.41) is 3.26. The van der Waals surface area contributed by atoms with Gasteiger partial charge in [-0.2, -0.15) is 0 Å². The van der Waals surface area contributed by atoms with Gasteiger partial charge in [0.1, 0.15) is 10.6 Å². The van der Waals surface area contributed by atoms with Crippen molar-refractivity contribution in [2.24, 2.45) is 0 Å². The number of carbonyl (C=O) groups excluding carboxylic acids is 2. The van der Waals surface area contributed by atoms with Crippen molar-refractivity contribution in [1.29, 1.82) is 0 Å². The highest BCUT2D eigenvalue weighted by atomic mass is 32.1. The van der Waals surface area contributed by atoms with E-state index in [0.29, 0.717) is 5.01 Å². The number of rotatable bonds is 4. The third kappa shape index (κ3) is 5.03. The van der Waals surface area contributed by atoms with Crippen LogP contribution in [0.5, 0.6) is 0 Å². The van der Waals surface area contributed by atoms with Gasteiger partial charge in [-0.05, 0) is 38.8 Å². The second-order valence-electron chi connectivity index (χ2n) is 6.45. The van der Waals surface area contributed by atoms with Crippen molar-refractivity contribution in [2.45, 2.75) is 39.8 Å². The molecule has 1 heterocycles. The lowest BCUT2D eigenvalue weighted by molar-refractivity contribution is 0.0523. The van der Waals surface area contributed by atoms with Gasteiger partial charge in [0.15, 0.2) is 5.69 Å². The minimum Gasteiger partial charge on any atom is -0.464 e. The normalized spacial score (nSPS) is 11.1. The first-order valence-electron chi connectivity index (χ1n) is 7.82. The van der Waals surface area contributed by atoms with E-state index in [1.54, 1.807) is 20.8 Å². The van der Waals surface area contributed by atoms with E-state index in [0.717, 1.165) is 16.0 Å². The maximum Gasteiger partial charge on any atom is 0.408 e. The van der Waals surface area contributed by atoms with Crippen molar-refractivity contribution in [2.75, 3.05) is 7.11 Å². The maximum absolute atomic E-state index is 12.1. The number of hydrogen-bond acceptors (Lipinski definition) is 6. The molecule has 134 valence electrons. The number of methoxy groups -OCH3 is 1. The molecule has 0 saturated carbocycles. The van der Waals surface area contributed by atoms with Gasteiger partial charge in [-0.3, -0.25) is 0 Å². The Labute approximate surface area is 151 Å². The molecular formula is C18H22N2O4S. The number of thiazole rings is 1. The first kappa shape index (κ1) is 18.9. The Bertz CT molecular complexity index is 778. The smallest absolute Gasteiger partial charge is 0.408 e. The van der Waals surface area contributed by atoms with Crippen LogP contribution in [0.4, 0.5) is 4.79 Å². The highest BCUT2D eigenvalue weighted by Crippen LogP contribution is 2.33. The van der Waals surface area contributed by atoms with Crippen LogP contribution in [-0.4, -0.2) is 29.8 Å². The molecule has 6 nitrogen and oxygen atoms in total. The van der Waals surface area contributed by atoms with Crippen molar-refractivity contribution in [3.8, 4) is 10.4 Å². The van der Waals surface area contributed by atoms with E-state index in [1.165, 1.54) is 18.4 Å². The summed E-state index contributed by atoms with van der Waals surface area (Å²) in [6.07, 6.45) is -0.528. The number of benzene rings is 1. The van der Waals surface area contributed by atoms with Crippen LogP contribution in [-0.2, 0) is 16.0 Å². The molecule has 0 aliphatic rings. The second kappa shape index (κ2) is 7.65. The molecule has 0 unspecified atom stereocenters. The Morgan fingerprint density at radius 2 is 1.92 bits per heavy atom. The predicted molar refractivity (Wildman–Crippen MR) is 96.7 cm³/mol. The Morgan fingerprint density at radius 1 is 1.24 bits per heavy atom. The molecule has 1 amide bonds. The quantitative estimate of drug-likeness (QED) is 0.834. The zero-order valence-corrected chi connectivity index (χ0v) is 15.8. The summed E-state index contributed by atoms with van der Waals surface area (Å²) in [6, 6.07) is 7.74. The van der Waals surface area contributed by atoms with E-state index < -0.39 is 17.7 Å². The van der Waals surface area contributed by atoms with E-state index >= 15 is 0 Å². The van der Waals surface area contributed by atoms with E-state index in [4.69, 9.17) is 9.47 Å². The van der Waals surface area contributed by atoms with Crippen LogP contribution in [0.1, 0.15) is 41.8 Å². The predicted octanol–water partition coefficient (Wildman–Crippen LogP) is 3.93. The van der Waals surface area contributed by atoms with Crippen LogP contribution >= 0.6 is 11.3 Å². The van der Waals surface area contributed by atoms with Crippen molar-refractivity contribution in [3.63, 3.8) is 0 Å². The number of carbonyl (C=O) groups is 2. The summed E-state index contributed by atoms with van der Waals surface area (Å²) < 4.78 is 10.0. The molecule has 0 radical (unpaired) electrons. The van der Waals surface area contributed by atoms with Crippen LogP contribution in [0.15, 0.2) is 24.3 Å². The van der Waals surface area contributed by atoms with Gasteiger partial charge in [0.2, 0.25) is 0 Å². The number of alkyl carbamates (subject to hydrolysis) is 1. The largest absolute Gasteiger partial charge is 0.464 e. The number of amides is 1. The number of ether oxygens (including phenoxy) is 2. The third-order valence-corrected chi connectivity index (χ3v) is 4.31. The number of esters is 1. The van der Waals surface area contributed by atoms with Gasteiger partial charge >= 0.3 is 12.1 Å². The van der Waals surface area contributed by atoms with Crippen LogP contribution in [0.2, 0.25) is 0 Å². The highest BCUT2D eigenvalue weighted by Gasteiger charge is 2.22. The zero-order chi connectivity index (χ0) is 18.6. The minimum absolute atomic E-state index is 0.176. The molecule has 7 heteroatoms. The molecule has 1 N–H and O–H groups in total. The molecular weight excluding hydrogens is 340 g/mol.